The molecule has 0 aliphatic heterocycles. The lowest BCUT2D eigenvalue weighted by atomic mass is 10.1. The van der Waals surface area contributed by atoms with Crippen molar-refractivity contribution in [1.29, 1.82) is 0 Å². The van der Waals surface area contributed by atoms with Gasteiger partial charge in [-0.2, -0.15) is 0 Å². The van der Waals surface area contributed by atoms with Crippen LogP contribution in [0.3, 0.4) is 0 Å². The molecule has 0 bridgehead atoms. The third kappa shape index (κ3) is 50.4. The molecule has 1 atom stereocenters. The predicted molar refractivity (Wildman–Crippen MR) is 279 cm³/mol. The van der Waals surface area contributed by atoms with Crippen molar-refractivity contribution in [2.24, 2.45) is 0 Å². The quantitative estimate of drug-likeness (QED) is 0.0199. The molecule has 0 saturated carbocycles. The number of rotatable bonds is 44. The fourth-order valence-corrected chi connectivity index (χ4v) is 6.38. The minimum absolute atomic E-state index is 0.152. The Morgan fingerprint density at radius 1 is 0.338 bits per heavy atom. The van der Waals surface area contributed by atoms with Gasteiger partial charge in [0.25, 0.3) is 0 Å². The normalized spacial score (nSPS) is 13.2. The fraction of sp³-hybridized carbons (Fsp3) is 0.576. The molecular formula is C59H92O6. The second kappa shape index (κ2) is 52.2. The molecule has 0 rings (SSSR count). The Balaban J connectivity index is 4.66. The summed E-state index contributed by atoms with van der Waals surface area (Å²) in [6.07, 6.45) is 73.2. The molecule has 0 aliphatic carbocycles. The first-order valence-corrected chi connectivity index (χ1v) is 25.8. The summed E-state index contributed by atoms with van der Waals surface area (Å²) in [5, 5.41) is 0. The Bertz CT molecular complexity index is 1450. The Morgan fingerprint density at radius 3 is 1.08 bits per heavy atom. The van der Waals surface area contributed by atoms with E-state index in [1.807, 2.05) is 54.7 Å². The number of carbonyl (C=O) groups excluding carboxylic acids is 3. The fourth-order valence-electron chi connectivity index (χ4n) is 6.38. The van der Waals surface area contributed by atoms with Crippen LogP contribution in [0.25, 0.3) is 0 Å². The molecule has 0 spiro atoms. The summed E-state index contributed by atoms with van der Waals surface area (Å²) < 4.78 is 16.6. The zero-order valence-electron chi connectivity index (χ0n) is 41.4. The van der Waals surface area contributed by atoms with Crippen molar-refractivity contribution in [2.75, 3.05) is 13.2 Å². The van der Waals surface area contributed by atoms with Crippen LogP contribution in [0.2, 0.25) is 0 Å². The summed E-state index contributed by atoms with van der Waals surface area (Å²) in [4.78, 5) is 37.9. The van der Waals surface area contributed by atoms with Crippen LogP contribution < -0.4 is 0 Å². The summed E-state index contributed by atoms with van der Waals surface area (Å²) in [5.41, 5.74) is 0. The average molecular weight is 897 g/mol. The molecular weight excluding hydrogens is 805 g/mol. The molecule has 0 amide bonds. The van der Waals surface area contributed by atoms with E-state index in [0.717, 1.165) is 51.4 Å². The first-order valence-electron chi connectivity index (χ1n) is 25.8. The Labute approximate surface area is 398 Å². The molecule has 0 fully saturated rings. The highest BCUT2D eigenvalue weighted by Gasteiger charge is 2.19. The van der Waals surface area contributed by atoms with Crippen molar-refractivity contribution in [1.82, 2.24) is 0 Å². The Morgan fingerprint density at radius 2 is 0.662 bits per heavy atom. The maximum absolute atomic E-state index is 12.8. The van der Waals surface area contributed by atoms with Crippen molar-refractivity contribution in [3.8, 4) is 0 Å². The second-order valence-electron chi connectivity index (χ2n) is 16.5. The Hall–Kier alpha value is -4.45. The molecule has 0 N–H and O–H groups in total. The van der Waals surface area contributed by atoms with Gasteiger partial charge in [-0.3, -0.25) is 14.4 Å². The number of hydrogen-bond acceptors (Lipinski definition) is 6. The van der Waals surface area contributed by atoms with Crippen LogP contribution in [0.15, 0.2) is 134 Å². The number of carbonyl (C=O) groups is 3. The van der Waals surface area contributed by atoms with Crippen molar-refractivity contribution in [3.05, 3.63) is 134 Å². The van der Waals surface area contributed by atoms with E-state index in [-0.39, 0.29) is 44.4 Å². The molecule has 6 nitrogen and oxygen atoms in total. The van der Waals surface area contributed by atoms with Gasteiger partial charge in [-0.1, -0.05) is 219 Å². The molecule has 0 aromatic rings. The van der Waals surface area contributed by atoms with Gasteiger partial charge < -0.3 is 14.2 Å². The SMILES string of the molecule is CC/C=C/C=C/C=C/C=C/C=C/CCCC(=O)OCC(COC(=O)CCC/C=C/C/C=C/C/C=C/CCCCCCCC)OC(=O)CCC/C=C/C/C=C/C/C=C/CCCCCCCC. The van der Waals surface area contributed by atoms with Gasteiger partial charge in [0.05, 0.1) is 0 Å². The highest BCUT2D eigenvalue weighted by atomic mass is 16.6. The van der Waals surface area contributed by atoms with Gasteiger partial charge in [0, 0.05) is 19.3 Å². The molecule has 1 unspecified atom stereocenters. The van der Waals surface area contributed by atoms with Gasteiger partial charge in [0.2, 0.25) is 0 Å². The van der Waals surface area contributed by atoms with Gasteiger partial charge in [0.15, 0.2) is 6.10 Å². The molecule has 65 heavy (non-hydrogen) atoms. The topological polar surface area (TPSA) is 78.9 Å². The van der Waals surface area contributed by atoms with E-state index in [1.54, 1.807) is 0 Å². The minimum atomic E-state index is -0.858. The smallest absolute Gasteiger partial charge is 0.306 e. The van der Waals surface area contributed by atoms with Crippen LogP contribution in [-0.2, 0) is 28.6 Å². The Kier molecular flexibility index (Phi) is 48.6. The molecule has 0 aromatic carbocycles. The van der Waals surface area contributed by atoms with Gasteiger partial charge in [-0.15, -0.1) is 0 Å². The number of unbranched alkanes of at least 4 members (excludes halogenated alkanes) is 15. The zero-order valence-corrected chi connectivity index (χ0v) is 41.4. The third-order valence-corrected chi connectivity index (χ3v) is 10.2. The molecule has 0 aliphatic rings. The van der Waals surface area contributed by atoms with E-state index in [1.165, 1.54) is 89.9 Å². The summed E-state index contributed by atoms with van der Waals surface area (Å²) >= 11 is 0. The minimum Gasteiger partial charge on any atom is -0.462 e. The van der Waals surface area contributed by atoms with Crippen LogP contribution in [0.1, 0.15) is 201 Å². The molecule has 0 saturated heterocycles. The van der Waals surface area contributed by atoms with Gasteiger partial charge >= 0.3 is 17.9 Å². The van der Waals surface area contributed by atoms with Crippen LogP contribution >= 0.6 is 0 Å². The maximum Gasteiger partial charge on any atom is 0.306 e. The number of allylic oxidation sites excluding steroid dienone is 22. The predicted octanol–water partition coefficient (Wildman–Crippen LogP) is 17.1. The summed E-state index contributed by atoms with van der Waals surface area (Å²) in [5.74, 6) is -1.14. The number of ether oxygens (including phenoxy) is 3. The van der Waals surface area contributed by atoms with E-state index in [9.17, 15) is 14.4 Å². The standard InChI is InChI=1S/C59H92O6/c1-4-7-10-13-16-19-22-25-27-29-31-34-37-40-43-46-49-52-58(61)64-55-56(54-63-57(60)51-48-45-42-39-36-33-24-21-18-15-12-9-6-3)65-59(62)53-50-47-44-41-38-35-32-30-28-26-23-20-17-14-11-8-5-2/h9,12,15,18,21,24-28,31-36,39-44,56H,4-8,10-11,13-14,16-17,19-20,22-23,29-30,37-38,45-55H2,1-3H3/b12-9+,18-15+,24-21+,27-25+,28-26+,34-31+,35-32+,36-33+,42-39+,43-40+,44-41+. The van der Waals surface area contributed by atoms with E-state index in [0.29, 0.717) is 19.3 Å². The summed E-state index contributed by atoms with van der Waals surface area (Å²) in [6.45, 7) is 6.30. The van der Waals surface area contributed by atoms with Crippen molar-refractivity contribution >= 4 is 17.9 Å². The average Bonchev–Trinajstić information content (AvgIpc) is 3.30. The molecule has 0 heterocycles. The van der Waals surface area contributed by atoms with Crippen molar-refractivity contribution in [2.45, 2.75) is 207 Å². The van der Waals surface area contributed by atoms with Crippen LogP contribution in [0, 0.1) is 0 Å². The van der Waals surface area contributed by atoms with E-state index in [4.69, 9.17) is 14.2 Å². The van der Waals surface area contributed by atoms with Crippen LogP contribution in [-0.4, -0.2) is 37.2 Å². The van der Waals surface area contributed by atoms with E-state index < -0.39 is 12.1 Å². The highest BCUT2D eigenvalue weighted by Crippen LogP contribution is 2.10. The first-order chi connectivity index (χ1) is 32.0. The summed E-state index contributed by atoms with van der Waals surface area (Å²) in [7, 11) is 0. The van der Waals surface area contributed by atoms with Gasteiger partial charge in [-0.25, -0.2) is 0 Å². The van der Waals surface area contributed by atoms with Crippen LogP contribution in [0.4, 0.5) is 0 Å². The third-order valence-electron chi connectivity index (χ3n) is 10.2. The largest absolute Gasteiger partial charge is 0.462 e. The number of hydrogen-bond donors (Lipinski definition) is 0. The molecule has 6 heteroatoms. The number of esters is 3. The summed E-state index contributed by atoms with van der Waals surface area (Å²) in [6, 6.07) is 0. The molecule has 0 radical (unpaired) electrons. The first kappa shape index (κ1) is 60.5. The zero-order chi connectivity index (χ0) is 47.2. The molecule has 364 valence electrons. The van der Waals surface area contributed by atoms with E-state index in [2.05, 4.69) is 99.8 Å². The van der Waals surface area contributed by atoms with Gasteiger partial charge in [0.1, 0.15) is 13.2 Å². The lowest BCUT2D eigenvalue weighted by Crippen LogP contribution is -2.30. The van der Waals surface area contributed by atoms with E-state index >= 15 is 0 Å². The maximum atomic E-state index is 12.8. The lowest BCUT2D eigenvalue weighted by Gasteiger charge is -2.18. The van der Waals surface area contributed by atoms with Crippen LogP contribution in [0.5, 0.6) is 0 Å². The van der Waals surface area contributed by atoms with Gasteiger partial charge in [-0.05, 0) is 96.3 Å². The van der Waals surface area contributed by atoms with Crippen molar-refractivity contribution < 1.29 is 28.6 Å². The van der Waals surface area contributed by atoms with Crippen molar-refractivity contribution in [3.63, 3.8) is 0 Å². The second-order valence-corrected chi connectivity index (χ2v) is 16.5. The molecule has 0 aromatic heterocycles. The lowest BCUT2D eigenvalue weighted by molar-refractivity contribution is -0.166. The highest BCUT2D eigenvalue weighted by molar-refractivity contribution is 5.71. The monoisotopic (exact) mass is 897 g/mol.